The van der Waals surface area contributed by atoms with Crippen LogP contribution in [-0.2, 0) is 36.7 Å². The Bertz CT molecular complexity index is 1250. The molecule has 1 aliphatic carbocycles. The normalized spacial score (nSPS) is 20.0. The van der Waals surface area contributed by atoms with Crippen LogP contribution in [0.4, 0.5) is 26.3 Å². The van der Waals surface area contributed by atoms with Gasteiger partial charge >= 0.3 is 12.4 Å². The van der Waals surface area contributed by atoms with E-state index in [1.54, 1.807) is 0 Å². The van der Waals surface area contributed by atoms with Crippen LogP contribution >= 0.6 is 0 Å². The summed E-state index contributed by atoms with van der Waals surface area (Å²) in [6.07, 6.45) is -7.63. The first-order chi connectivity index (χ1) is 16.5. The molecule has 2 aromatic carbocycles. The highest BCUT2D eigenvalue weighted by Crippen LogP contribution is 2.34. The number of hydrogen-bond acceptors (Lipinski definition) is 5. The fraction of sp³-hybridized carbons (Fsp3) is 0.455. The molecule has 0 N–H and O–H groups in total. The third-order valence-electron chi connectivity index (χ3n) is 6.12. The second kappa shape index (κ2) is 10.3. The Kier molecular flexibility index (Phi) is 8.13. The number of benzene rings is 2. The Hall–Kier alpha value is -2.16. The second-order valence-corrected chi connectivity index (χ2v) is 12.1. The molecule has 14 heteroatoms. The molecule has 0 unspecified atom stereocenters. The first kappa shape index (κ1) is 28.4. The zero-order valence-corrected chi connectivity index (χ0v) is 20.5. The first-order valence-electron chi connectivity index (χ1n) is 10.7. The van der Waals surface area contributed by atoms with Crippen molar-refractivity contribution in [3.05, 3.63) is 59.7 Å². The van der Waals surface area contributed by atoms with Crippen LogP contribution in [0, 0.1) is 5.92 Å². The molecular formula is C22H23F6NO5S2. The summed E-state index contributed by atoms with van der Waals surface area (Å²) in [6, 6.07) is 5.69. The summed E-state index contributed by atoms with van der Waals surface area (Å²) in [5.74, 6) is -0.229. The van der Waals surface area contributed by atoms with E-state index in [1.807, 2.05) is 0 Å². The summed E-state index contributed by atoms with van der Waals surface area (Å²) >= 11 is 0. The zero-order chi connectivity index (χ0) is 26.9. The minimum atomic E-state index is -4.60. The van der Waals surface area contributed by atoms with Crippen molar-refractivity contribution < 1.29 is 47.4 Å². The van der Waals surface area contributed by atoms with E-state index in [0.29, 0.717) is 49.9 Å². The molecule has 3 rings (SSSR count). The Morgan fingerprint density at radius 1 is 0.750 bits per heavy atom. The molecule has 0 heterocycles. The lowest BCUT2D eigenvalue weighted by Gasteiger charge is -2.33. The van der Waals surface area contributed by atoms with Crippen LogP contribution in [0.25, 0.3) is 0 Å². The molecule has 0 amide bonds. The minimum Gasteiger partial charge on any atom is -0.266 e. The zero-order valence-electron chi connectivity index (χ0n) is 18.9. The maximum atomic E-state index is 12.8. The van der Waals surface area contributed by atoms with Crippen LogP contribution in [-0.4, -0.2) is 40.8 Å². The van der Waals surface area contributed by atoms with Crippen LogP contribution in [0.3, 0.4) is 0 Å². The highest BCUT2D eigenvalue weighted by molar-refractivity contribution is 7.89. The molecule has 0 bridgehead atoms. The summed E-state index contributed by atoms with van der Waals surface area (Å²) in [6.45, 7) is -0.217. The highest BCUT2D eigenvalue weighted by Gasteiger charge is 2.35. The van der Waals surface area contributed by atoms with E-state index < -0.39 is 54.6 Å². The monoisotopic (exact) mass is 559 g/mol. The fourth-order valence-electron chi connectivity index (χ4n) is 3.92. The van der Waals surface area contributed by atoms with Gasteiger partial charge in [-0.3, -0.25) is 4.18 Å². The van der Waals surface area contributed by atoms with E-state index in [-0.39, 0.29) is 17.4 Å². The maximum absolute atomic E-state index is 12.8. The van der Waals surface area contributed by atoms with Crippen LogP contribution in [0.15, 0.2) is 58.3 Å². The van der Waals surface area contributed by atoms with Gasteiger partial charge in [0.15, 0.2) is 0 Å². The maximum Gasteiger partial charge on any atom is 0.416 e. The van der Waals surface area contributed by atoms with Crippen molar-refractivity contribution in [2.24, 2.45) is 5.92 Å². The van der Waals surface area contributed by atoms with E-state index in [2.05, 4.69) is 0 Å². The Labute approximate surface area is 205 Å². The summed E-state index contributed by atoms with van der Waals surface area (Å²) < 4.78 is 133. The molecule has 0 radical (unpaired) electrons. The van der Waals surface area contributed by atoms with Crippen LogP contribution < -0.4 is 0 Å². The molecule has 0 saturated heterocycles. The average molecular weight is 560 g/mol. The van der Waals surface area contributed by atoms with Gasteiger partial charge in [-0.1, -0.05) is 0 Å². The molecule has 1 aliphatic rings. The summed E-state index contributed by atoms with van der Waals surface area (Å²) in [7, 11) is -6.99. The van der Waals surface area contributed by atoms with Crippen molar-refractivity contribution in [1.29, 1.82) is 0 Å². The van der Waals surface area contributed by atoms with E-state index in [0.717, 1.165) is 28.6 Å². The smallest absolute Gasteiger partial charge is 0.266 e. The predicted molar refractivity (Wildman–Crippen MR) is 117 cm³/mol. The third kappa shape index (κ3) is 6.58. The quantitative estimate of drug-likeness (QED) is 0.339. The van der Waals surface area contributed by atoms with Gasteiger partial charge in [-0.05, 0) is 80.1 Å². The first-order valence-corrected chi connectivity index (χ1v) is 13.6. The van der Waals surface area contributed by atoms with E-state index in [4.69, 9.17) is 4.18 Å². The van der Waals surface area contributed by atoms with Gasteiger partial charge < -0.3 is 0 Å². The van der Waals surface area contributed by atoms with Gasteiger partial charge in [-0.25, -0.2) is 8.42 Å². The van der Waals surface area contributed by atoms with E-state index >= 15 is 0 Å². The highest BCUT2D eigenvalue weighted by atomic mass is 32.2. The van der Waals surface area contributed by atoms with Crippen molar-refractivity contribution in [3.8, 4) is 0 Å². The van der Waals surface area contributed by atoms with Gasteiger partial charge in [0, 0.05) is 13.1 Å². The van der Waals surface area contributed by atoms with Crippen LogP contribution in [0.1, 0.15) is 36.8 Å². The van der Waals surface area contributed by atoms with Crippen molar-refractivity contribution in [2.45, 2.75) is 53.9 Å². The molecule has 1 saturated carbocycles. The molecule has 200 valence electrons. The van der Waals surface area contributed by atoms with Gasteiger partial charge in [-0.2, -0.15) is 39.1 Å². The minimum absolute atomic E-state index is 0.217. The number of sulfonamides is 1. The summed E-state index contributed by atoms with van der Waals surface area (Å²) in [5.41, 5.74) is -1.95. The third-order valence-corrected chi connectivity index (χ3v) is 9.34. The van der Waals surface area contributed by atoms with Gasteiger partial charge in [0.05, 0.1) is 27.5 Å². The Balaban J connectivity index is 1.56. The van der Waals surface area contributed by atoms with Crippen molar-refractivity contribution in [3.63, 3.8) is 0 Å². The Morgan fingerprint density at radius 2 is 1.17 bits per heavy atom. The van der Waals surface area contributed by atoms with Crippen molar-refractivity contribution in [1.82, 2.24) is 4.31 Å². The average Bonchev–Trinajstić information content (AvgIpc) is 2.82. The SMILES string of the molecule is CN(C1CCC(COS(=O)(=O)c2ccc(C(F)(F)F)cc2)CC1)S(=O)(=O)c1ccc(C(F)(F)F)cc1. The van der Waals surface area contributed by atoms with Crippen LogP contribution in [0.2, 0.25) is 0 Å². The lowest BCUT2D eigenvalue weighted by atomic mass is 9.87. The number of hydrogen-bond donors (Lipinski definition) is 0. The molecule has 6 nitrogen and oxygen atoms in total. The molecule has 0 aliphatic heterocycles. The van der Waals surface area contributed by atoms with Crippen molar-refractivity contribution in [2.75, 3.05) is 13.7 Å². The largest absolute Gasteiger partial charge is 0.416 e. The lowest BCUT2D eigenvalue weighted by Crippen LogP contribution is -2.40. The molecule has 2 aromatic rings. The standard InChI is InChI=1S/C22H23F6NO5S2/c1-29(35(30,31)19-10-4-16(5-11-19)21(23,24)25)18-8-2-15(3-9-18)14-34-36(32,33)20-12-6-17(7-13-20)22(26,27)28/h4-7,10-13,15,18H,2-3,8-9,14H2,1H3. The number of rotatable bonds is 7. The van der Waals surface area contributed by atoms with E-state index in [9.17, 15) is 43.2 Å². The molecule has 0 aromatic heterocycles. The van der Waals surface area contributed by atoms with Crippen molar-refractivity contribution >= 4 is 20.1 Å². The van der Waals surface area contributed by atoms with Gasteiger partial charge in [0.25, 0.3) is 10.1 Å². The molecule has 1 fully saturated rings. The lowest BCUT2D eigenvalue weighted by molar-refractivity contribution is -0.138. The summed E-state index contributed by atoms with van der Waals surface area (Å²) in [5, 5.41) is 0. The molecular weight excluding hydrogens is 536 g/mol. The number of alkyl halides is 6. The molecule has 0 spiro atoms. The number of halogens is 6. The van der Waals surface area contributed by atoms with Gasteiger partial charge in [0.1, 0.15) is 0 Å². The van der Waals surface area contributed by atoms with Gasteiger partial charge in [0.2, 0.25) is 10.0 Å². The predicted octanol–water partition coefficient (Wildman–Crippen LogP) is 5.31. The fourth-order valence-corrected chi connectivity index (χ4v) is 6.31. The van der Waals surface area contributed by atoms with Gasteiger partial charge in [-0.15, -0.1) is 0 Å². The number of nitrogens with zero attached hydrogens (tertiary/aromatic N) is 1. The van der Waals surface area contributed by atoms with Crippen LogP contribution in [0.5, 0.6) is 0 Å². The van der Waals surface area contributed by atoms with E-state index in [1.165, 1.54) is 7.05 Å². The topological polar surface area (TPSA) is 80.8 Å². The summed E-state index contributed by atoms with van der Waals surface area (Å²) in [4.78, 5) is -0.683. The second-order valence-electron chi connectivity index (χ2n) is 8.48. The molecule has 36 heavy (non-hydrogen) atoms. The Morgan fingerprint density at radius 3 is 1.58 bits per heavy atom. The molecule has 0 atom stereocenters.